The number of carbonyl (C=O) groups is 2. The monoisotopic (exact) mass is 360 g/mol. The number of benzene rings is 2. The van der Waals surface area contributed by atoms with Gasteiger partial charge in [0, 0.05) is 24.8 Å². The third-order valence-corrected chi connectivity index (χ3v) is 5.32. The molecule has 1 atom stereocenters. The van der Waals surface area contributed by atoms with Crippen LogP contribution in [0, 0.1) is 11.3 Å². The molecule has 6 nitrogen and oxygen atoms in total. The first-order valence-corrected chi connectivity index (χ1v) is 9.08. The van der Waals surface area contributed by atoms with E-state index in [9.17, 15) is 9.59 Å². The number of nitrogens with one attached hydrogen (secondary N) is 1. The zero-order valence-corrected chi connectivity index (χ0v) is 15.1. The summed E-state index contributed by atoms with van der Waals surface area (Å²) in [5, 5.41) is 11.7. The highest BCUT2D eigenvalue weighted by molar-refractivity contribution is 6.08. The summed E-state index contributed by atoms with van der Waals surface area (Å²) >= 11 is 0. The zero-order valence-electron chi connectivity index (χ0n) is 15.1. The second-order valence-corrected chi connectivity index (χ2v) is 6.96. The van der Waals surface area contributed by atoms with Crippen molar-refractivity contribution in [3.05, 3.63) is 59.2 Å². The molecule has 2 amide bonds. The maximum Gasteiger partial charge on any atom is 0.257 e. The van der Waals surface area contributed by atoms with Crippen molar-refractivity contribution in [2.24, 2.45) is 0 Å². The molecule has 2 aliphatic rings. The maximum absolute atomic E-state index is 12.8. The number of hydrogen-bond acceptors (Lipinski definition) is 4. The number of hydrogen-bond donors (Lipinski definition) is 1. The molecule has 1 saturated heterocycles. The first kappa shape index (κ1) is 17.1. The van der Waals surface area contributed by atoms with Crippen molar-refractivity contribution in [2.45, 2.75) is 25.4 Å². The highest BCUT2D eigenvalue weighted by Crippen LogP contribution is 2.34. The van der Waals surface area contributed by atoms with Gasteiger partial charge in [0.1, 0.15) is 6.17 Å². The van der Waals surface area contributed by atoms with Gasteiger partial charge in [-0.15, -0.1) is 0 Å². The van der Waals surface area contributed by atoms with Gasteiger partial charge in [0.05, 0.1) is 22.9 Å². The predicted molar refractivity (Wildman–Crippen MR) is 103 cm³/mol. The van der Waals surface area contributed by atoms with E-state index in [-0.39, 0.29) is 18.0 Å². The van der Waals surface area contributed by atoms with E-state index < -0.39 is 0 Å². The molecule has 0 saturated carbocycles. The highest BCUT2D eigenvalue weighted by Gasteiger charge is 2.37. The first-order valence-electron chi connectivity index (χ1n) is 9.08. The Balaban J connectivity index is 1.60. The van der Waals surface area contributed by atoms with Crippen molar-refractivity contribution in [1.29, 1.82) is 5.26 Å². The van der Waals surface area contributed by atoms with Crippen LogP contribution in [0.3, 0.4) is 0 Å². The van der Waals surface area contributed by atoms with Crippen molar-refractivity contribution < 1.29 is 9.59 Å². The fourth-order valence-corrected chi connectivity index (χ4v) is 3.85. The molecule has 0 bridgehead atoms. The van der Waals surface area contributed by atoms with Crippen LogP contribution in [0.4, 0.5) is 11.4 Å². The van der Waals surface area contributed by atoms with E-state index >= 15 is 0 Å². The quantitative estimate of drug-likeness (QED) is 0.892. The standard InChI is InChI=1S/C21H20N4O2/c1-24-18-12-15(20(26)23-16-8-5-14(13-22)6-9-16)7-10-17(18)21(27)25-11-3-2-4-19(24)25/h5-10,12,19H,2-4,11H2,1H3,(H,23,26). The van der Waals surface area contributed by atoms with Crippen LogP contribution in [-0.2, 0) is 0 Å². The van der Waals surface area contributed by atoms with Crippen LogP contribution in [0.15, 0.2) is 42.5 Å². The first-order chi connectivity index (χ1) is 13.1. The normalized spacial score (nSPS) is 18.4. The van der Waals surface area contributed by atoms with E-state index in [0.29, 0.717) is 22.4 Å². The number of amides is 2. The highest BCUT2D eigenvalue weighted by atomic mass is 16.2. The van der Waals surface area contributed by atoms with Crippen LogP contribution in [0.25, 0.3) is 0 Å². The third-order valence-electron chi connectivity index (χ3n) is 5.32. The second kappa shape index (κ2) is 6.76. The molecule has 0 aliphatic carbocycles. The molecule has 1 N–H and O–H groups in total. The predicted octanol–water partition coefficient (Wildman–Crippen LogP) is 3.21. The molecule has 4 rings (SSSR count). The number of fused-ring (bicyclic) bond motifs is 2. The van der Waals surface area contributed by atoms with Crippen LogP contribution in [0.5, 0.6) is 0 Å². The molecular formula is C21H20N4O2. The van der Waals surface area contributed by atoms with E-state index in [1.165, 1.54) is 0 Å². The molecule has 1 fully saturated rings. The third kappa shape index (κ3) is 3.02. The average molecular weight is 360 g/mol. The van der Waals surface area contributed by atoms with Crippen LogP contribution >= 0.6 is 0 Å². The van der Waals surface area contributed by atoms with Crippen LogP contribution in [-0.4, -0.2) is 36.5 Å². The lowest BCUT2D eigenvalue weighted by molar-refractivity contribution is 0.0589. The SMILES string of the molecule is CN1c2cc(C(=O)Nc3ccc(C#N)cc3)ccc2C(=O)N2CCCCC21. The Bertz CT molecular complexity index is 946. The van der Waals surface area contributed by atoms with E-state index in [2.05, 4.69) is 16.3 Å². The van der Waals surface area contributed by atoms with E-state index in [1.54, 1.807) is 42.5 Å². The topological polar surface area (TPSA) is 76.4 Å². The number of anilines is 2. The maximum atomic E-state index is 12.8. The molecule has 2 heterocycles. The Morgan fingerprint density at radius 1 is 1.19 bits per heavy atom. The summed E-state index contributed by atoms with van der Waals surface area (Å²) in [5.41, 5.74) is 3.11. The average Bonchev–Trinajstić information content (AvgIpc) is 2.72. The Kier molecular flexibility index (Phi) is 4.28. The molecule has 136 valence electrons. The van der Waals surface area contributed by atoms with Gasteiger partial charge in [0.15, 0.2) is 0 Å². The van der Waals surface area contributed by atoms with Crippen molar-refractivity contribution >= 4 is 23.2 Å². The summed E-state index contributed by atoms with van der Waals surface area (Å²) in [5.74, 6) is -0.193. The smallest absolute Gasteiger partial charge is 0.257 e. The summed E-state index contributed by atoms with van der Waals surface area (Å²) in [7, 11) is 1.98. The molecule has 6 heteroatoms. The minimum atomic E-state index is -0.241. The largest absolute Gasteiger partial charge is 0.354 e. The molecule has 27 heavy (non-hydrogen) atoms. The van der Waals surface area contributed by atoms with E-state index in [0.717, 1.165) is 31.5 Å². The summed E-state index contributed by atoms with van der Waals surface area (Å²) in [4.78, 5) is 29.5. The van der Waals surface area contributed by atoms with Gasteiger partial charge < -0.3 is 15.1 Å². The number of piperidine rings is 1. The van der Waals surface area contributed by atoms with Gasteiger partial charge in [-0.3, -0.25) is 9.59 Å². The van der Waals surface area contributed by atoms with Gasteiger partial charge >= 0.3 is 0 Å². The van der Waals surface area contributed by atoms with E-state index in [4.69, 9.17) is 5.26 Å². The summed E-state index contributed by atoms with van der Waals surface area (Å²) in [6.45, 7) is 0.786. The molecular weight excluding hydrogens is 340 g/mol. The number of rotatable bonds is 2. The van der Waals surface area contributed by atoms with Gasteiger partial charge in [-0.05, 0) is 61.7 Å². The number of carbonyl (C=O) groups excluding carboxylic acids is 2. The second-order valence-electron chi connectivity index (χ2n) is 6.96. The molecule has 0 spiro atoms. The zero-order chi connectivity index (χ0) is 19.0. The molecule has 2 aromatic carbocycles. The summed E-state index contributed by atoms with van der Waals surface area (Å²) in [6, 6.07) is 14.0. The molecule has 0 aromatic heterocycles. The summed E-state index contributed by atoms with van der Waals surface area (Å²) < 4.78 is 0. The fraction of sp³-hybridized carbons (Fsp3) is 0.286. The van der Waals surface area contributed by atoms with Gasteiger partial charge in [0.25, 0.3) is 11.8 Å². The molecule has 0 radical (unpaired) electrons. The lowest BCUT2D eigenvalue weighted by Crippen LogP contribution is -2.55. The van der Waals surface area contributed by atoms with Crippen LogP contribution in [0.1, 0.15) is 45.5 Å². The van der Waals surface area contributed by atoms with Gasteiger partial charge in [-0.1, -0.05) is 0 Å². The minimum absolute atomic E-state index is 0.0480. The number of nitriles is 1. The van der Waals surface area contributed by atoms with Crippen molar-refractivity contribution in [1.82, 2.24) is 4.90 Å². The van der Waals surface area contributed by atoms with E-state index in [1.807, 2.05) is 11.9 Å². The van der Waals surface area contributed by atoms with Crippen LogP contribution < -0.4 is 10.2 Å². The van der Waals surface area contributed by atoms with Crippen molar-refractivity contribution in [3.8, 4) is 6.07 Å². The lowest BCUT2D eigenvalue weighted by Gasteiger charge is -2.46. The van der Waals surface area contributed by atoms with Gasteiger partial charge in [-0.2, -0.15) is 5.26 Å². The lowest BCUT2D eigenvalue weighted by atomic mass is 9.97. The fourth-order valence-electron chi connectivity index (χ4n) is 3.85. The Morgan fingerprint density at radius 3 is 2.70 bits per heavy atom. The number of nitrogens with zero attached hydrogens (tertiary/aromatic N) is 3. The van der Waals surface area contributed by atoms with Crippen LogP contribution in [0.2, 0.25) is 0 Å². The molecule has 2 aliphatic heterocycles. The summed E-state index contributed by atoms with van der Waals surface area (Å²) in [6.07, 6.45) is 3.16. The van der Waals surface area contributed by atoms with Gasteiger partial charge in [-0.25, -0.2) is 0 Å². The van der Waals surface area contributed by atoms with Crippen molar-refractivity contribution in [3.63, 3.8) is 0 Å². The Morgan fingerprint density at radius 2 is 1.96 bits per heavy atom. The van der Waals surface area contributed by atoms with Gasteiger partial charge in [0.2, 0.25) is 0 Å². The van der Waals surface area contributed by atoms with Crippen molar-refractivity contribution in [2.75, 3.05) is 23.8 Å². The molecule has 2 aromatic rings. The Hall–Kier alpha value is -3.33. The Labute approximate surface area is 158 Å². The minimum Gasteiger partial charge on any atom is -0.354 e. The molecule has 1 unspecified atom stereocenters.